The summed E-state index contributed by atoms with van der Waals surface area (Å²) in [5, 5.41) is 3.58. The summed E-state index contributed by atoms with van der Waals surface area (Å²) in [4.78, 5) is 0. The minimum atomic E-state index is 0.381. The van der Waals surface area contributed by atoms with E-state index in [4.69, 9.17) is 4.74 Å². The number of rotatable bonds is 5. The Morgan fingerprint density at radius 1 is 1.33 bits per heavy atom. The Bertz CT molecular complexity index is 215. The molecule has 15 heavy (non-hydrogen) atoms. The second-order valence-electron chi connectivity index (χ2n) is 5.38. The van der Waals surface area contributed by atoms with Crippen LogP contribution in [0.25, 0.3) is 0 Å². The Morgan fingerprint density at radius 3 is 2.53 bits per heavy atom. The number of nitrogens with one attached hydrogen (secondary N) is 1. The Labute approximate surface area is 93.8 Å². The molecule has 0 heterocycles. The van der Waals surface area contributed by atoms with Gasteiger partial charge in [0.1, 0.15) is 0 Å². The highest BCUT2D eigenvalue weighted by Crippen LogP contribution is 2.47. The molecule has 0 radical (unpaired) electrons. The fourth-order valence-electron chi connectivity index (χ4n) is 2.80. The van der Waals surface area contributed by atoms with Gasteiger partial charge in [-0.2, -0.15) is 0 Å². The quantitative estimate of drug-likeness (QED) is 0.755. The van der Waals surface area contributed by atoms with Crippen LogP contribution in [0.1, 0.15) is 52.9 Å². The molecule has 2 saturated carbocycles. The van der Waals surface area contributed by atoms with Gasteiger partial charge in [0.05, 0.1) is 12.2 Å². The molecule has 2 aliphatic carbocycles. The lowest BCUT2D eigenvalue weighted by Gasteiger charge is -2.55. The summed E-state index contributed by atoms with van der Waals surface area (Å²) in [6.45, 7) is 7.94. The normalized spacial score (nSPS) is 41.0. The van der Waals surface area contributed by atoms with Crippen molar-refractivity contribution >= 4 is 0 Å². The van der Waals surface area contributed by atoms with Crippen molar-refractivity contribution in [3.05, 3.63) is 0 Å². The van der Waals surface area contributed by atoms with E-state index in [0.29, 0.717) is 23.7 Å². The van der Waals surface area contributed by atoms with Gasteiger partial charge >= 0.3 is 0 Å². The molecule has 2 nitrogen and oxygen atoms in total. The molecule has 2 heteroatoms. The Hall–Kier alpha value is -0.0800. The van der Waals surface area contributed by atoms with Crippen molar-refractivity contribution < 1.29 is 4.74 Å². The predicted octanol–water partition coefficient (Wildman–Crippen LogP) is 2.72. The molecule has 2 rings (SSSR count). The average Bonchev–Trinajstić information content (AvgIpc) is 2.18. The molecular weight excluding hydrogens is 186 g/mol. The molecule has 0 aliphatic heterocycles. The number of hydrogen-bond donors (Lipinski definition) is 1. The summed E-state index contributed by atoms with van der Waals surface area (Å²) in [6, 6.07) is 0.678. The van der Waals surface area contributed by atoms with Gasteiger partial charge in [0.25, 0.3) is 0 Å². The number of hydrogen-bond acceptors (Lipinski definition) is 2. The zero-order valence-corrected chi connectivity index (χ0v) is 10.4. The third-order valence-electron chi connectivity index (χ3n) is 4.60. The third-order valence-corrected chi connectivity index (χ3v) is 4.60. The first-order valence-corrected chi connectivity index (χ1v) is 6.59. The molecule has 88 valence electrons. The summed E-state index contributed by atoms with van der Waals surface area (Å²) in [5.74, 6) is 0. The van der Waals surface area contributed by atoms with Gasteiger partial charge in [-0.15, -0.1) is 0 Å². The summed E-state index contributed by atoms with van der Waals surface area (Å²) >= 11 is 0. The lowest BCUT2D eigenvalue weighted by atomic mass is 9.61. The van der Waals surface area contributed by atoms with E-state index in [1.165, 1.54) is 32.1 Å². The summed E-state index contributed by atoms with van der Waals surface area (Å²) in [7, 11) is 0. The lowest BCUT2D eigenvalue weighted by Crippen LogP contribution is -2.63. The van der Waals surface area contributed by atoms with Gasteiger partial charge in [-0.1, -0.05) is 20.8 Å². The first-order valence-electron chi connectivity index (χ1n) is 6.59. The van der Waals surface area contributed by atoms with Crippen LogP contribution in [0.4, 0.5) is 0 Å². The minimum Gasteiger partial charge on any atom is -0.374 e. The first kappa shape index (κ1) is 11.4. The van der Waals surface area contributed by atoms with Gasteiger partial charge < -0.3 is 10.1 Å². The second-order valence-corrected chi connectivity index (χ2v) is 5.38. The van der Waals surface area contributed by atoms with Crippen molar-refractivity contribution in [1.29, 1.82) is 0 Å². The van der Waals surface area contributed by atoms with Crippen LogP contribution in [0.3, 0.4) is 0 Å². The Balaban J connectivity index is 1.85. The van der Waals surface area contributed by atoms with E-state index in [1.54, 1.807) is 0 Å². The van der Waals surface area contributed by atoms with Crippen LogP contribution in [-0.2, 0) is 4.74 Å². The first-order chi connectivity index (χ1) is 7.20. The largest absolute Gasteiger partial charge is 0.374 e. The van der Waals surface area contributed by atoms with E-state index in [2.05, 4.69) is 26.1 Å². The van der Waals surface area contributed by atoms with Crippen molar-refractivity contribution in [3.8, 4) is 0 Å². The maximum atomic E-state index is 6.17. The molecule has 0 saturated heterocycles. The maximum Gasteiger partial charge on any atom is 0.0662 e. The van der Waals surface area contributed by atoms with Crippen LogP contribution in [0.2, 0.25) is 0 Å². The van der Waals surface area contributed by atoms with Crippen LogP contribution in [-0.4, -0.2) is 24.8 Å². The van der Waals surface area contributed by atoms with E-state index in [-0.39, 0.29) is 0 Å². The SMILES string of the molecule is CCNC1CC(OC2CCC2)C1(C)CC. The van der Waals surface area contributed by atoms with Crippen molar-refractivity contribution in [2.45, 2.75) is 71.1 Å². The molecule has 0 aromatic carbocycles. The molecule has 3 atom stereocenters. The summed E-state index contributed by atoms with van der Waals surface area (Å²) < 4.78 is 6.17. The molecule has 3 unspecified atom stereocenters. The fourth-order valence-corrected chi connectivity index (χ4v) is 2.80. The maximum absolute atomic E-state index is 6.17. The average molecular weight is 211 g/mol. The van der Waals surface area contributed by atoms with Crippen LogP contribution < -0.4 is 5.32 Å². The summed E-state index contributed by atoms with van der Waals surface area (Å²) in [5.41, 5.74) is 0.381. The Kier molecular flexibility index (Phi) is 3.36. The molecular formula is C13H25NO. The summed E-state index contributed by atoms with van der Waals surface area (Å²) in [6.07, 6.45) is 7.50. The molecule has 2 fully saturated rings. The van der Waals surface area contributed by atoms with Crippen molar-refractivity contribution in [2.75, 3.05) is 6.54 Å². The molecule has 0 aromatic heterocycles. The topological polar surface area (TPSA) is 21.3 Å². The minimum absolute atomic E-state index is 0.381. The highest BCUT2D eigenvalue weighted by Gasteiger charge is 2.51. The highest BCUT2D eigenvalue weighted by atomic mass is 16.5. The van der Waals surface area contributed by atoms with Crippen LogP contribution in [0.15, 0.2) is 0 Å². The molecule has 0 aromatic rings. The van der Waals surface area contributed by atoms with E-state index < -0.39 is 0 Å². The second kappa shape index (κ2) is 4.42. The smallest absolute Gasteiger partial charge is 0.0662 e. The van der Waals surface area contributed by atoms with Gasteiger partial charge in [0.2, 0.25) is 0 Å². The van der Waals surface area contributed by atoms with Crippen LogP contribution in [0, 0.1) is 5.41 Å². The van der Waals surface area contributed by atoms with Gasteiger partial charge in [-0.05, 0) is 38.6 Å². The van der Waals surface area contributed by atoms with Crippen LogP contribution >= 0.6 is 0 Å². The van der Waals surface area contributed by atoms with Crippen molar-refractivity contribution in [1.82, 2.24) is 5.32 Å². The zero-order valence-electron chi connectivity index (χ0n) is 10.4. The molecule has 0 spiro atoms. The van der Waals surface area contributed by atoms with E-state index >= 15 is 0 Å². The molecule has 0 amide bonds. The van der Waals surface area contributed by atoms with Crippen molar-refractivity contribution in [3.63, 3.8) is 0 Å². The molecule has 0 bridgehead atoms. The predicted molar refractivity (Wildman–Crippen MR) is 63.0 cm³/mol. The van der Waals surface area contributed by atoms with Gasteiger partial charge in [-0.3, -0.25) is 0 Å². The van der Waals surface area contributed by atoms with Crippen molar-refractivity contribution in [2.24, 2.45) is 5.41 Å². The lowest BCUT2D eigenvalue weighted by molar-refractivity contribution is -0.172. The molecule has 2 aliphatic rings. The standard InChI is InChI=1S/C13H25NO/c1-4-13(3)11(14-5-2)9-12(13)15-10-7-6-8-10/h10-12,14H,4-9H2,1-3H3. The zero-order chi connectivity index (χ0) is 10.9. The Morgan fingerprint density at radius 2 is 2.07 bits per heavy atom. The van der Waals surface area contributed by atoms with Gasteiger partial charge in [0, 0.05) is 11.5 Å². The van der Waals surface area contributed by atoms with Gasteiger partial charge in [0.15, 0.2) is 0 Å². The number of ether oxygens (including phenoxy) is 1. The van der Waals surface area contributed by atoms with Gasteiger partial charge in [-0.25, -0.2) is 0 Å². The van der Waals surface area contributed by atoms with E-state index in [0.717, 1.165) is 6.54 Å². The molecule has 1 N–H and O–H groups in total. The van der Waals surface area contributed by atoms with E-state index in [1.807, 2.05) is 0 Å². The van der Waals surface area contributed by atoms with Crippen LogP contribution in [0.5, 0.6) is 0 Å². The fraction of sp³-hybridized carbons (Fsp3) is 1.00. The highest BCUT2D eigenvalue weighted by molar-refractivity contribution is 5.05. The monoisotopic (exact) mass is 211 g/mol. The third kappa shape index (κ3) is 1.94. The van der Waals surface area contributed by atoms with E-state index in [9.17, 15) is 0 Å².